The van der Waals surface area contributed by atoms with E-state index in [0.717, 1.165) is 40.7 Å². The second-order valence-electron chi connectivity index (χ2n) is 7.26. The number of halogens is 5. The Labute approximate surface area is 173 Å². The molecule has 1 aliphatic carbocycles. The van der Waals surface area contributed by atoms with E-state index in [1.54, 1.807) is 13.8 Å². The normalized spacial score (nSPS) is 14.9. The number of aromatic nitrogens is 2. The van der Waals surface area contributed by atoms with Crippen LogP contribution in [0.3, 0.4) is 0 Å². The third-order valence-corrected chi connectivity index (χ3v) is 5.98. The van der Waals surface area contributed by atoms with Crippen LogP contribution in [0.25, 0.3) is 10.9 Å². The maximum atomic E-state index is 14.6. The molecule has 1 N–H and O–H groups in total. The number of hydrogen-bond donors (Lipinski definition) is 1. The summed E-state index contributed by atoms with van der Waals surface area (Å²) in [6.07, 6.45) is -1.81. The molecule has 8 heteroatoms. The first kappa shape index (κ1) is 20.1. The van der Waals surface area contributed by atoms with Crippen molar-refractivity contribution in [2.45, 2.75) is 45.3 Å². The molecule has 3 nitrogen and oxygen atoms in total. The first-order valence-electron chi connectivity index (χ1n) is 9.27. The number of aryl methyl sites for hydroxylation is 2. The van der Waals surface area contributed by atoms with Crippen molar-refractivity contribution in [1.82, 2.24) is 9.97 Å². The fourth-order valence-electron chi connectivity index (χ4n) is 3.93. The van der Waals surface area contributed by atoms with Crippen molar-refractivity contribution >= 4 is 32.7 Å². The van der Waals surface area contributed by atoms with Gasteiger partial charge in [-0.2, -0.15) is 13.2 Å². The summed E-state index contributed by atoms with van der Waals surface area (Å²) < 4.78 is 54.7. The Morgan fingerprint density at radius 1 is 1.14 bits per heavy atom. The minimum Gasteiger partial charge on any atom is -0.363 e. The molecule has 0 saturated heterocycles. The average molecular weight is 468 g/mol. The van der Waals surface area contributed by atoms with Gasteiger partial charge in [-0.15, -0.1) is 0 Å². The zero-order valence-corrected chi connectivity index (χ0v) is 17.4. The van der Waals surface area contributed by atoms with Gasteiger partial charge in [0.2, 0.25) is 0 Å². The Kier molecular flexibility index (Phi) is 5.01. The maximum Gasteiger partial charge on any atom is 0.419 e. The minimum atomic E-state index is -4.75. The number of alkyl halides is 3. The summed E-state index contributed by atoms with van der Waals surface area (Å²) in [5.74, 6) is -0.238. The Bertz CT molecular complexity index is 1110. The van der Waals surface area contributed by atoms with Crippen molar-refractivity contribution in [2.75, 3.05) is 5.32 Å². The number of nitrogens with one attached hydrogen (secondary N) is 1. The van der Waals surface area contributed by atoms with Crippen LogP contribution in [-0.4, -0.2) is 9.97 Å². The molecule has 29 heavy (non-hydrogen) atoms. The Morgan fingerprint density at radius 3 is 2.59 bits per heavy atom. The summed E-state index contributed by atoms with van der Waals surface area (Å²) in [6, 6.07) is 4.52. The molecule has 1 atom stereocenters. The first-order chi connectivity index (χ1) is 13.7. The van der Waals surface area contributed by atoms with Gasteiger partial charge in [0.15, 0.2) is 0 Å². The summed E-state index contributed by atoms with van der Waals surface area (Å²) >= 11 is 3.61. The quantitative estimate of drug-likeness (QED) is 0.445. The van der Waals surface area contributed by atoms with Crippen molar-refractivity contribution in [3.8, 4) is 0 Å². The number of rotatable bonds is 3. The monoisotopic (exact) mass is 467 g/mol. The molecule has 0 fully saturated rings. The number of benzene rings is 2. The highest BCUT2D eigenvalue weighted by molar-refractivity contribution is 9.10. The van der Waals surface area contributed by atoms with Gasteiger partial charge in [-0.1, -0.05) is 28.1 Å². The summed E-state index contributed by atoms with van der Waals surface area (Å²) in [6.45, 7) is 3.38. The zero-order chi connectivity index (χ0) is 20.9. The molecule has 152 valence electrons. The number of anilines is 1. The SMILES string of the molecule is Cc1nc(N[C@H](C)c2cccc(C(F)(F)F)c2F)c2cc(Br)c3c(c2n1)CCC3. The van der Waals surface area contributed by atoms with E-state index in [9.17, 15) is 17.6 Å². The van der Waals surface area contributed by atoms with E-state index in [0.29, 0.717) is 11.6 Å². The summed E-state index contributed by atoms with van der Waals surface area (Å²) in [5, 5.41) is 3.87. The molecule has 1 heterocycles. The predicted molar refractivity (Wildman–Crippen MR) is 107 cm³/mol. The maximum absolute atomic E-state index is 14.6. The van der Waals surface area contributed by atoms with E-state index >= 15 is 0 Å². The molecule has 0 radical (unpaired) electrons. The van der Waals surface area contributed by atoms with E-state index < -0.39 is 23.6 Å². The van der Waals surface area contributed by atoms with E-state index in [2.05, 4.69) is 31.2 Å². The first-order valence-corrected chi connectivity index (χ1v) is 10.1. The van der Waals surface area contributed by atoms with Crippen LogP contribution < -0.4 is 5.32 Å². The highest BCUT2D eigenvalue weighted by Gasteiger charge is 2.35. The van der Waals surface area contributed by atoms with Crippen LogP contribution in [0.1, 0.15) is 47.5 Å². The molecule has 0 spiro atoms. The van der Waals surface area contributed by atoms with E-state index in [4.69, 9.17) is 0 Å². The molecule has 3 aromatic rings. The van der Waals surface area contributed by atoms with Crippen LogP contribution in [0.2, 0.25) is 0 Å². The molecule has 0 amide bonds. The lowest BCUT2D eigenvalue weighted by atomic mass is 10.0. The fourth-order valence-corrected chi connectivity index (χ4v) is 4.59. The lowest BCUT2D eigenvalue weighted by Gasteiger charge is -2.20. The largest absolute Gasteiger partial charge is 0.419 e. The topological polar surface area (TPSA) is 37.8 Å². The predicted octanol–water partition coefficient (Wildman–Crippen LogP) is 6.52. The van der Waals surface area contributed by atoms with E-state index in [1.165, 1.54) is 23.3 Å². The van der Waals surface area contributed by atoms with Gasteiger partial charge in [0.1, 0.15) is 17.5 Å². The summed E-state index contributed by atoms with van der Waals surface area (Å²) in [4.78, 5) is 9.04. The smallest absolute Gasteiger partial charge is 0.363 e. The van der Waals surface area contributed by atoms with Crippen LogP contribution in [0.15, 0.2) is 28.7 Å². The summed E-state index contributed by atoms with van der Waals surface area (Å²) in [5.41, 5.74) is 1.91. The van der Waals surface area contributed by atoms with Crippen LogP contribution in [0.5, 0.6) is 0 Å². The molecule has 4 rings (SSSR count). The molecule has 2 aromatic carbocycles. The number of fused-ring (bicyclic) bond motifs is 3. The molecular weight excluding hydrogens is 450 g/mol. The summed E-state index contributed by atoms with van der Waals surface area (Å²) in [7, 11) is 0. The zero-order valence-electron chi connectivity index (χ0n) is 15.8. The second-order valence-corrected chi connectivity index (χ2v) is 8.11. The molecule has 0 aliphatic heterocycles. The van der Waals surface area contributed by atoms with Gasteiger partial charge >= 0.3 is 6.18 Å². The van der Waals surface area contributed by atoms with Gasteiger partial charge in [-0.25, -0.2) is 14.4 Å². The van der Waals surface area contributed by atoms with E-state index in [1.807, 2.05) is 6.07 Å². The Balaban J connectivity index is 1.78. The van der Waals surface area contributed by atoms with Gasteiger partial charge in [-0.05, 0) is 56.4 Å². The van der Waals surface area contributed by atoms with Crippen molar-refractivity contribution in [2.24, 2.45) is 0 Å². The standard InChI is InChI=1S/C21H18BrF4N3/c1-10(12-5-4-8-16(18(12)23)21(24,25)26)27-20-15-9-17(22)13-6-3-7-14(13)19(15)28-11(2)29-20/h4-5,8-10H,3,6-7H2,1-2H3,(H,27,28,29)/t10-/m1/s1. The average Bonchev–Trinajstić information content (AvgIpc) is 3.12. The van der Waals surface area contributed by atoms with Crippen LogP contribution in [0, 0.1) is 12.7 Å². The van der Waals surface area contributed by atoms with Crippen molar-refractivity contribution < 1.29 is 17.6 Å². The highest BCUT2D eigenvalue weighted by Crippen LogP contribution is 2.38. The van der Waals surface area contributed by atoms with Crippen LogP contribution >= 0.6 is 15.9 Å². The molecular formula is C21H18BrF4N3. The van der Waals surface area contributed by atoms with Gasteiger partial charge in [0.25, 0.3) is 0 Å². The lowest BCUT2D eigenvalue weighted by Crippen LogP contribution is -2.15. The van der Waals surface area contributed by atoms with Gasteiger partial charge < -0.3 is 5.32 Å². The molecule has 0 unspecified atom stereocenters. The van der Waals surface area contributed by atoms with Crippen molar-refractivity contribution in [3.05, 3.63) is 62.6 Å². The van der Waals surface area contributed by atoms with Crippen LogP contribution in [0.4, 0.5) is 23.4 Å². The van der Waals surface area contributed by atoms with Gasteiger partial charge in [-0.3, -0.25) is 0 Å². The lowest BCUT2D eigenvalue weighted by molar-refractivity contribution is -0.140. The van der Waals surface area contributed by atoms with Crippen molar-refractivity contribution in [1.29, 1.82) is 0 Å². The van der Waals surface area contributed by atoms with Crippen molar-refractivity contribution in [3.63, 3.8) is 0 Å². The fraction of sp³-hybridized carbons (Fsp3) is 0.333. The number of nitrogens with zero attached hydrogens (tertiary/aromatic N) is 2. The Morgan fingerprint density at radius 2 is 1.86 bits per heavy atom. The molecule has 1 aliphatic rings. The second kappa shape index (κ2) is 7.23. The molecule has 0 bridgehead atoms. The van der Waals surface area contributed by atoms with E-state index in [-0.39, 0.29) is 5.56 Å². The number of hydrogen-bond acceptors (Lipinski definition) is 3. The molecule has 0 saturated carbocycles. The van der Waals surface area contributed by atoms with Gasteiger partial charge in [0, 0.05) is 15.4 Å². The molecule has 1 aromatic heterocycles. The van der Waals surface area contributed by atoms with Crippen LogP contribution in [-0.2, 0) is 19.0 Å². The minimum absolute atomic E-state index is 0.0653. The third kappa shape index (κ3) is 3.58. The third-order valence-electron chi connectivity index (χ3n) is 5.27. The Hall–Kier alpha value is -2.22. The highest BCUT2D eigenvalue weighted by atomic mass is 79.9. The van der Waals surface area contributed by atoms with Gasteiger partial charge in [0.05, 0.1) is 17.1 Å².